The van der Waals surface area contributed by atoms with Crippen molar-refractivity contribution in [1.82, 2.24) is 10.2 Å². The van der Waals surface area contributed by atoms with Crippen molar-refractivity contribution in [2.75, 3.05) is 13.6 Å². The molecule has 4 heteroatoms. The molecule has 0 saturated carbocycles. The molecular weight excluding hydrogens is 240 g/mol. The largest absolute Gasteiger partial charge is 0.393 e. The van der Waals surface area contributed by atoms with Gasteiger partial charge in [-0.2, -0.15) is 0 Å². The lowest BCUT2D eigenvalue weighted by atomic mass is 10.2. The molecule has 0 bridgehead atoms. The number of aliphatic hydroxyl groups is 1. The number of nitrogens with one attached hydrogen (secondary N) is 1. The molecule has 0 saturated heterocycles. The van der Waals surface area contributed by atoms with Crippen LogP contribution in [0.25, 0.3) is 0 Å². The normalized spacial score (nSPS) is 14.2. The number of carbonyl (C=O) groups excluding carboxylic acids is 1. The monoisotopic (exact) mass is 264 g/mol. The van der Waals surface area contributed by atoms with E-state index in [0.717, 1.165) is 5.56 Å². The smallest absolute Gasteiger partial charge is 0.237 e. The van der Waals surface area contributed by atoms with Crippen molar-refractivity contribution in [3.05, 3.63) is 35.9 Å². The first-order chi connectivity index (χ1) is 9.00. The highest BCUT2D eigenvalue weighted by Gasteiger charge is 2.17. The summed E-state index contributed by atoms with van der Waals surface area (Å²) < 4.78 is 0. The van der Waals surface area contributed by atoms with Crippen LogP contribution in [-0.2, 0) is 11.3 Å². The molecule has 0 radical (unpaired) electrons. The molecule has 19 heavy (non-hydrogen) atoms. The third-order valence-corrected chi connectivity index (χ3v) is 3.25. The number of rotatable bonds is 7. The molecule has 0 aromatic heterocycles. The summed E-state index contributed by atoms with van der Waals surface area (Å²) in [4.78, 5) is 13.9. The van der Waals surface area contributed by atoms with Crippen molar-refractivity contribution < 1.29 is 9.90 Å². The lowest BCUT2D eigenvalue weighted by molar-refractivity contribution is -0.125. The quantitative estimate of drug-likeness (QED) is 0.782. The number of benzene rings is 1. The predicted molar refractivity (Wildman–Crippen MR) is 76.7 cm³/mol. The van der Waals surface area contributed by atoms with E-state index >= 15 is 0 Å². The lowest BCUT2D eigenvalue weighted by Crippen LogP contribution is -2.43. The molecule has 0 spiro atoms. The fourth-order valence-electron chi connectivity index (χ4n) is 1.72. The molecular formula is C15H24N2O2. The fourth-order valence-corrected chi connectivity index (χ4v) is 1.72. The van der Waals surface area contributed by atoms with E-state index in [0.29, 0.717) is 19.5 Å². The third-order valence-electron chi connectivity index (χ3n) is 3.25. The Morgan fingerprint density at radius 2 is 1.95 bits per heavy atom. The first-order valence-electron chi connectivity index (χ1n) is 6.70. The van der Waals surface area contributed by atoms with Crippen molar-refractivity contribution in [3.63, 3.8) is 0 Å². The van der Waals surface area contributed by atoms with Gasteiger partial charge in [0.2, 0.25) is 5.91 Å². The second-order valence-corrected chi connectivity index (χ2v) is 5.00. The zero-order chi connectivity index (χ0) is 14.3. The highest BCUT2D eigenvalue weighted by atomic mass is 16.3. The Hall–Kier alpha value is -1.39. The maximum Gasteiger partial charge on any atom is 0.237 e. The predicted octanol–water partition coefficient (Wildman–Crippen LogP) is 1.39. The molecule has 0 heterocycles. The Bertz CT molecular complexity index is 379. The molecule has 0 aliphatic heterocycles. The summed E-state index contributed by atoms with van der Waals surface area (Å²) in [6, 6.07) is 9.66. The standard InChI is InChI=1S/C15H24N2O2/c1-12(18)9-10-17(3)13(2)15(19)16-11-14-7-5-4-6-8-14/h4-8,12-13,18H,9-11H2,1-3H3,(H,16,19). The first kappa shape index (κ1) is 15.7. The molecule has 2 N–H and O–H groups in total. The van der Waals surface area contributed by atoms with Crippen LogP contribution in [0.15, 0.2) is 30.3 Å². The minimum Gasteiger partial charge on any atom is -0.393 e. The number of hydrogen-bond acceptors (Lipinski definition) is 3. The van der Waals surface area contributed by atoms with E-state index in [1.54, 1.807) is 6.92 Å². The highest BCUT2D eigenvalue weighted by Crippen LogP contribution is 2.02. The minimum atomic E-state index is -0.331. The number of amides is 1. The Morgan fingerprint density at radius 3 is 2.53 bits per heavy atom. The summed E-state index contributed by atoms with van der Waals surface area (Å²) >= 11 is 0. The Morgan fingerprint density at radius 1 is 1.32 bits per heavy atom. The van der Waals surface area contributed by atoms with Gasteiger partial charge in [-0.05, 0) is 32.9 Å². The van der Waals surface area contributed by atoms with Gasteiger partial charge in [-0.3, -0.25) is 9.69 Å². The molecule has 1 aromatic rings. The van der Waals surface area contributed by atoms with E-state index in [2.05, 4.69) is 5.32 Å². The topological polar surface area (TPSA) is 52.6 Å². The van der Waals surface area contributed by atoms with Crippen LogP contribution in [0.3, 0.4) is 0 Å². The molecule has 106 valence electrons. The Labute approximate surface area is 115 Å². The average molecular weight is 264 g/mol. The molecule has 0 fully saturated rings. The molecule has 1 amide bonds. The van der Waals surface area contributed by atoms with E-state index in [1.165, 1.54) is 0 Å². The van der Waals surface area contributed by atoms with Crippen LogP contribution in [0, 0.1) is 0 Å². The maximum absolute atomic E-state index is 12.0. The molecule has 0 aliphatic rings. The zero-order valence-corrected chi connectivity index (χ0v) is 12.0. The molecule has 0 aliphatic carbocycles. The molecule has 2 atom stereocenters. The van der Waals surface area contributed by atoms with Crippen LogP contribution in [-0.4, -0.2) is 41.7 Å². The van der Waals surface area contributed by atoms with E-state index in [9.17, 15) is 9.90 Å². The number of carbonyl (C=O) groups is 1. The second kappa shape index (κ2) is 7.92. The number of aliphatic hydroxyl groups excluding tert-OH is 1. The summed E-state index contributed by atoms with van der Waals surface area (Å²) in [7, 11) is 1.90. The van der Waals surface area contributed by atoms with E-state index in [1.807, 2.05) is 49.2 Å². The molecule has 2 unspecified atom stereocenters. The molecule has 1 rings (SSSR count). The van der Waals surface area contributed by atoms with Gasteiger partial charge in [0.05, 0.1) is 12.1 Å². The summed E-state index contributed by atoms with van der Waals surface area (Å²) in [5, 5.41) is 12.2. The van der Waals surface area contributed by atoms with Gasteiger partial charge in [0.15, 0.2) is 0 Å². The Kier molecular flexibility index (Phi) is 6.53. The van der Waals surface area contributed by atoms with Gasteiger partial charge in [0, 0.05) is 13.1 Å². The minimum absolute atomic E-state index is 0.0111. The fraction of sp³-hybridized carbons (Fsp3) is 0.533. The molecule has 4 nitrogen and oxygen atoms in total. The van der Waals surface area contributed by atoms with Gasteiger partial charge >= 0.3 is 0 Å². The van der Waals surface area contributed by atoms with Crippen molar-refractivity contribution in [3.8, 4) is 0 Å². The number of likely N-dealkylation sites (N-methyl/N-ethyl adjacent to an activating group) is 1. The number of nitrogens with zero attached hydrogens (tertiary/aromatic N) is 1. The van der Waals surface area contributed by atoms with Crippen molar-refractivity contribution >= 4 is 5.91 Å². The van der Waals surface area contributed by atoms with Crippen LogP contribution in [0.5, 0.6) is 0 Å². The highest BCUT2D eigenvalue weighted by molar-refractivity contribution is 5.81. The SMILES string of the molecule is CC(O)CCN(C)C(C)C(=O)NCc1ccccc1. The van der Waals surface area contributed by atoms with Crippen molar-refractivity contribution in [2.24, 2.45) is 0 Å². The zero-order valence-electron chi connectivity index (χ0n) is 12.0. The van der Waals surface area contributed by atoms with Crippen molar-refractivity contribution in [2.45, 2.75) is 39.0 Å². The van der Waals surface area contributed by atoms with Gasteiger partial charge in [-0.15, -0.1) is 0 Å². The van der Waals surface area contributed by atoms with Gasteiger partial charge in [-0.1, -0.05) is 30.3 Å². The maximum atomic E-state index is 12.0. The van der Waals surface area contributed by atoms with Crippen LogP contribution < -0.4 is 5.32 Å². The van der Waals surface area contributed by atoms with Gasteiger partial charge in [0.25, 0.3) is 0 Å². The lowest BCUT2D eigenvalue weighted by Gasteiger charge is -2.24. The summed E-state index contributed by atoms with van der Waals surface area (Å²) in [5.41, 5.74) is 1.09. The summed E-state index contributed by atoms with van der Waals surface area (Å²) in [6.07, 6.45) is 0.342. The van der Waals surface area contributed by atoms with Crippen molar-refractivity contribution in [1.29, 1.82) is 0 Å². The van der Waals surface area contributed by atoms with Crippen LogP contribution in [0.4, 0.5) is 0 Å². The second-order valence-electron chi connectivity index (χ2n) is 5.00. The van der Waals surface area contributed by atoms with Crippen LogP contribution in [0.2, 0.25) is 0 Å². The van der Waals surface area contributed by atoms with Gasteiger partial charge in [-0.25, -0.2) is 0 Å². The summed E-state index contributed by atoms with van der Waals surface area (Å²) in [6.45, 7) is 4.89. The van der Waals surface area contributed by atoms with E-state index in [-0.39, 0.29) is 18.1 Å². The Balaban J connectivity index is 2.36. The first-order valence-corrected chi connectivity index (χ1v) is 6.70. The average Bonchev–Trinajstić information content (AvgIpc) is 2.42. The van der Waals surface area contributed by atoms with Gasteiger partial charge < -0.3 is 10.4 Å². The number of hydrogen-bond donors (Lipinski definition) is 2. The molecule has 1 aromatic carbocycles. The van der Waals surface area contributed by atoms with Crippen LogP contribution in [0.1, 0.15) is 25.8 Å². The summed E-state index contributed by atoms with van der Waals surface area (Å²) in [5.74, 6) is 0.0111. The van der Waals surface area contributed by atoms with Gasteiger partial charge in [0.1, 0.15) is 0 Å². The third kappa shape index (κ3) is 5.85. The van der Waals surface area contributed by atoms with Crippen LogP contribution >= 0.6 is 0 Å². The van der Waals surface area contributed by atoms with E-state index in [4.69, 9.17) is 0 Å². The van der Waals surface area contributed by atoms with E-state index < -0.39 is 0 Å².